The van der Waals surface area contributed by atoms with Crippen molar-refractivity contribution in [2.75, 3.05) is 25.4 Å². The minimum absolute atomic E-state index is 0. The molecule has 4 nitrogen and oxygen atoms in total. The summed E-state index contributed by atoms with van der Waals surface area (Å²) in [6.45, 7) is 3.07. The quantitative estimate of drug-likeness (QED) is 0.944. The van der Waals surface area contributed by atoms with Gasteiger partial charge in [0.05, 0.1) is 11.4 Å². The molecule has 2 aromatic heterocycles. The first kappa shape index (κ1) is 15.9. The van der Waals surface area contributed by atoms with Gasteiger partial charge in [-0.15, -0.1) is 23.7 Å². The van der Waals surface area contributed by atoms with Crippen LogP contribution < -0.4 is 5.73 Å². The second-order valence-corrected chi connectivity index (χ2v) is 5.99. The number of nitrogens with zero attached hydrogens (tertiary/aromatic N) is 3. The summed E-state index contributed by atoms with van der Waals surface area (Å²) in [4.78, 5) is 12.5. The average molecular weight is 323 g/mol. The fourth-order valence-corrected chi connectivity index (χ4v) is 3.28. The lowest BCUT2D eigenvalue weighted by Crippen LogP contribution is -2.26. The summed E-state index contributed by atoms with van der Waals surface area (Å²) < 4.78 is 0. The van der Waals surface area contributed by atoms with Gasteiger partial charge in [-0.1, -0.05) is 12.1 Å². The molecule has 0 amide bonds. The highest BCUT2D eigenvalue weighted by Crippen LogP contribution is 2.24. The van der Waals surface area contributed by atoms with Crippen LogP contribution in [0.2, 0.25) is 0 Å². The molecule has 0 fully saturated rings. The van der Waals surface area contributed by atoms with Crippen LogP contribution in [0.4, 0.5) is 5.13 Å². The van der Waals surface area contributed by atoms with E-state index in [0.717, 1.165) is 38.2 Å². The summed E-state index contributed by atoms with van der Waals surface area (Å²) >= 11 is 1.64. The van der Waals surface area contributed by atoms with Crippen LogP contribution in [-0.4, -0.2) is 34.5 Å². The van der Waals surface area contributed by atoms with Gasteiger partial charge in [-0.05, 0) is 24.6 Å². The van der Waals surface area contributed by atoms with Crippen molar-refractivity contribution in [2.24, 2.45) is 0 Å². The highest BCUT2D eigenvalue weighted by Gasteiger charge is 2.16. The first-order chi connectivity index (χ1) is 9.81. The van der Waals surface area contributed by atoms with Gasteiger partial charge >= 0.3 is 0 Å². The van der Waals surface area contributed by atoms with E-state index in [1.54, 1.807) is 11.3 Å². The Hall–Kier alpha value is -1.43. The lowest BCUT2D eigenvalue weighted by Gasteiger charge is -2.17. The van der Waals surface area contributed by atoms with Crippen LogP contribution >= 0.6 is 23.7 Å². The molecule has 0 saturated heterocycles. The molecule has 2 N–H and O–H groups in total. The molecular weight excluding hydrogens is 304 g/mol. The first-order valence-electron chi connectivity index (χ1n) is 6.85. The van der Waals surface area contributed by atoms with Crippen LogP contribution in [-0.2, 0) is 12.8 Å². The van der Waals surface area contributed by atoms with E-state index >= 15 is 0 Å². The van der Waals surface area contributed by atoms with Gasteiger partial charge in [0.25, 0.3) is 0 Å². The molecule has 112 valence electrons. The number of nitrogen functional groups attached to an aromatic ring is 1. The van der Waals surface area contributed by atoms with E-state index in [9.17, 15) is 0 Å². The van der Waals surface area contributed by atoms with E-state index in [1.807, 2.05) is 24.4 Å². The third-order valence-electron chi connectivity index (χ3n) is 3.45. The van der Waals surface area contributed by atoms with Gasteiger partial charge in [0.1, 0.15) is 0 Å². The Bertz CT molecular complexity index is 571. The van der Waals surface area contributed by atoms with Crippen molar-refractivity contribution in [1.82, 2.24) is 14.9 Å². The Morgan fingerprint density at radius 3 is 2.95 bits per heavy atom. The van der Waals surface area contributed by atoms with Crippen molar-refractivity contribution in [3.8, 4) is 0 Å². The smallest absolute Gasteiger partial charge is 0.180 e. The molecule has 0 unspecified atom stereocenters. The van der Waals surface area contributed by atoms with E-state index in [2.05, 4.69) is 27.0 Å². The summed E-state index contributed by atoms with van der Waals surface area (Å²) in [5.41, 5.74) is 7.97. The number of rotatable bonds is 3. The van der Waals surface area contributed by atoms with Crippen molar-refractivity contribution >= 4 is 35.0 Å². The Kier molecular flexibility index (Phi) is 5.73. The fourth-order valence-electron chi connectivity index (χ4n) is 2.41. The van der Waals surface area contributed by atoms with Crippen molar-refractivity contribution in [2.45, 2.75) is 12.8 Å². The number of aromatic nitrogens is 2. The summed E-state index contributed by atoms with van der Waals surface area (Å²) in [7, 11) is 0. The normalized spacial score (nSPS) is 15.4. The van der Waals surface area contributed by atoms with Gasteiger partial charge in [0.15, 0.2) is 5.13 Å². The van der Waals surface area contributed by atoms with Crippen LogP contribution in [0.5, 0.6) is 0 Å². The molecule has 0 bridgehead atoms. The standard InChI is InChI=1S/C15H18N4S.ClH/c16-15-18-13-6-10-19(11-7-14(13)20-15)9-3-5-12-4-1-2-8-17-12;/h1-5,8H,6-7,9-11H2,(H2,16,18);1H. The summed E-state index contributed by atoms with van der Waals surface area (Å²) in [5.74, 6) is 0. The number of hydrogen-bond donors (Lipinski definition) is 1. The molecule has 1 aliphatic heterocycles. The predicted octanol–water partition coefficient (Wildman–Crippen LogP) is 2.66. The molecule has 0 aromatic carbocycles. The fraction of sp³-hybridized carbons (Fsp3) is 0.333. The van der Waals surface area contributed by atoms with Gasteiger partial charge < -0.3 is 5.73 Å². The zero-order valence-corrected chi connectivity index (χ0v) is 13.4. The van der Waals surface area contributed by atoms with Crippen molar-refractivity contribution in [1.29, 1.82) is 0 Å². The molecule has 21 heavy (non-hydrogen) atoms. The molecule has 0 atom stereocenters. The average Bonchev–Trinajstić information content (AvgIpc) is 2.72. The van der Waals surface area contributed by atoms with Gasteiger partial charge in [-0.25, -0.2) is 4.98 Å². The van der Waals surface area contributed by atoms with Crippen molar-refractivity contribution in [3.63, 3.8) is 0 Å². The van der Waals surface area contributed by atoms with Crippen LogP contribution in [0, 0.1) is 0 Å². The number of hydrogen-bond acceptors (Lipinski definition) is 5. The Balaban J connectivity index is 0.00000161. The number of nitrogens with two attached hydrogens (primary N) is 1. The minimum atomic E-state index is 0. The lowest BCUT2D eigenvalue weighted by atomic mass is 10.2. The topological polar surface area (TPSA) is 55.0 Å². The van der Waals surface area contributed by atoms with Gasteiger partial charge in [0, 0.05) is 37.1 Å². The third-order valence-corrected chi connectivity index (χ3v) is 4.44. The summed E-state index contributed by atoms with van der Waals surface area (Å²) in [6.07, 6.45) is 8.14. The van der Waals surface area contributed by atoms with E-state index in [1.165, 1.54) is 10.6 Å². The van der Waals surface area contributed by atoms with E-state index in [-0.39, 0.29) is 12.4 Å². The lowest BCUT2D eigenvalue weighted by molar-refractivity contribution is 0.318. The van der Waals surface area contributed by atoms with Gasteiger partial charge in [0.2, 0.25) is 0 Å². The number of pyridine rings is 1. The Morgan fingerprint density at radius 1 is 1.29 bits per heavy atom. The number of anilines is 1. The van der Waals surface area contributed by atoms with Gasteiger partial charge in [-0.3, -0.25) is 9.88 Å². The maximum Gasteiger partial charge on any atom is 0.180 e. The molecule has 0 spiro atoms. The van der Waals surface area contributed by atoms with E-state index in [4.69, 9.17) is 5.73 Å². The second-order valence-electron chi connectivity index (χ2n) is 4.88. The summed E-state index contributed by atoms with van der Waals surface area (Å²) in [5, 5.41) is 0.707. The van der Waals surface area contributed by atoms with E-state index < -0.39 is 0 Å². The SMILES string of the molecule is Cl.Nc1nc2c(s1)CCN(CC=Cc1ccccn1)CC2. The maximum atomic E-state index is 5.76. The highest BCUT2D eigenvalue weighted by molar-refractivity contribution is 7.15. The number of halogens is 1. The van der Waals surface area contributed by atoms with Crippen LogP contribution in [0.25, 0.3) is 6.08 Å². The monoisotopic (exact) mass is 322 g/mol. The highest BCUT2D eigenvalue weighted by atomic mass is 35.5. The third kappa shape index (κ3) is 4.27. The van der Waals surface area contributed by atoms with Crippen LogP contribution in [0.15, 0.2) is 30.5 Å². The molecule has 3 rings (SSSR count). The molecule has 6 heteroatoms. The van der Waals surface area contributed by atoms with Crippen LogP contribution in [0.1, 0.15) is 16.3 Å². The Labute approximate surface area is 135 Å². The molecule has 0 aliphatic carbocycles. The molecule has 2 aromatic rings. The second kappa shape index (κ2) is 7.54. The zero-order valence-electron chi connectivity index (χ0n) is 11.7. The maximum absolute atomic E-state index is 5.76. The molecule has 0 radical (unpaired) electrons. The largest absolute Gasteiger partial charge is 0.375 e. The van der Waals surface area contributed by atoms with Crippen LogP contribution in [0.3, 0.4) is 0 Å². The predicted molar refractivity (Wildman–Crippen MR) is 90.9 cm³/mol. The molecule has 0 saturated carbocycles. The number of fused-ring (bicyclic) bond motifs is 1. The zero-order chi connectivity index (χ0) is 13.8. The molecular formula is C15H19ClN4S. The summed E-state index contributed by atoms with van der Waals surface area (Å²) in [6, 6.07) is 5.96. The molecule has 3 heterocycles. The van der Waals surface area contributed by atoms with Crippen molar-refractivity contribution < 1.29 is 0 Å². The minimum Gasteiger partial charge on any atom is -0.375 e. The van der Waals surface area contributed by atoms with Gasteiger partial charge in [-0.2, -0.15) is 0 Å². The van der Waals surface area contributed by atoms with Crippen molar-refractivity contribution in [3.05, 3.63) is 46.7 Å². The number of thiazole rings is 1. The van der Waals surface area contributed by atoms with E-state index in [0.29, 0.717) is 5.13 Å². The Morgan fingerprint density at radius 2 is 2.14 bits per heavy atom. The molecule has 1 aliphatic rings. The first-order valence-corrected chi connectivity index (χ1v) is 7.67.